The molecule has 1 spiro atoms. The van der Waals surface area contributed by atoms with Crippen LogP contribution in [0.25, 0.3) is 0 Å². The van der Waals surface area contributed by atoms with Crippen molar-refractivity contribution in [1.29, 1.82) is 0 Å². The first kappa shape index (κ1) is 23.6. The fourth-order valence-electron chi connectivity index (χ4n) is 5.43. The van der Waals surface area contributed by atoms with E-state index in [0.29, 0.717) is 0 Å². The summed E-state index contributed by atoms with van der Waals surface area (Å²) in [6.07, 6.45) is 12.5. The second-order valence-electron chi connectivity index (χ2n) is 9.87. The number of hydrogen-bond donors (Lipinski definition) is 0. The van der Waals surface area contributed by atoms with E-state index in [1.54, 1.807) is 0 Å². The summed E-state index contributed by atoms with van der Waals surface area (Å²) in [6, 6.07) is 7.55. The molecule has 1 aromatic carbocycles. The molecule has 1 aromatic rings. The van der Waals surface area contributed by atoms with Crippen molar-refractivity contribution in [2.24, 2.45) is 11.3 Å². The Hall–Kier alpha value is -0.0231. The van der Waals surface area contributed by atoms with E-state index in [9.17, 15) is 0 Å². The Morgan fingerprint density at radius 2 is 1.55 bits per heavy atom. The minimum atomic E-state index is -1.74. The molecular weight excluding hydrogens is 415 g/mol. The van der Waals surface area contributed by atoms with Gasteiger partial charge in [0.2, 0.25) is 0 Å². The predicted octanol–water partition coefficient (Wildman–Crippen LogP) is 9.51. The summed E-state index contributed by atoms with van der Waals surface area (Å²) in [6.45, 7) is 8.94. The molecule has 164 valence electrons. The average Bonchev–Trinajstić information content (AvgIpc) is 3.46. The summed E-state index contributed by atoms with van der Waals surface area (Å²) < 4.78 is 6.98. The SMILES string of the molecule is CC[Si](CC)(CC)OC(CCCC1CCC2(CC1)CC2)c1c(Cl)cc(C)cc1Cl. The van der Waals surface area contributed by atoms with Crippen molar-refractivity contribution >= 4 is 31.5 Å². The number of rotatable bonds is 10. The van der Waals surface area contributed by atoms with Gasteiger partial charge in [-0.15, -0.1) is 0 Å². The lowest BCUT2D eigenvalue weighted by Crippen LogP contribution is -2.37. The van der Waals surface area contributed by atoms with Gasteiger partial charge in [0.1, 0.15) is 0 Å². The van der Waals surface area contributed by atoms with Crippen LogP contribution >= 0.6 is 23.2 Å². The normalized spacial score (nSPS) is 20.2. The van der Waals surface area contributed by atoms with E-state index in [1.165, 1.54) is 51.4 Å². The molecule has 2 fully saturated rings. The zero-order valence-electron chi connectivity index (χ0n) is 19.0. The van der Waals surface area contributed by atoms with Gasteiger partial charge in [-0.05, 0) is 99.0 Å². The topological polar surface area (TPSA) is 9.23 Å². The number of benzene rings is 1. The van der Waals surface area contributed by atoms with Crippen molar-refractivity contribution in [3.8, 4) is 0 Å². The minimum Gasteiger partial charge on any atom is -0.410 e. The standard InChI is InChI=1S/C25H40Cl2OSi/c1-5-29(6-2,7-3)28-23(24-21(26)17-19(4)18-22(24)27)10-8-9-20-11-13-25(14-12-20)15-16-25/h17-18,20,23H,5-16H2,1-4H3. The first-order valence-corrected chi connectivity index (χ1v) is 15.3. The van der Waals surface area contributed by atoms with Gasteiger partial charge >= 0.3 is 0 Å². The fourth-order valence-corrected chi connectivity index (χ4v) is 9.11. The van der Waals surface area contributed by atoms with Crippen LogP contribution in [0.5, 0.6) is 0 Å². The molecule has 2 aliphatic rings. The van der Waals surface area contributed by atoms with Crippen molar-refractivity contribution in [2.45, 2.75) is 110 Å². The number of halogens is 2. The lowest BCUT2D eigenvalue weighted by atomic mass is 9.78. The van der Waals surface area contributed by atoms with Crippen LogP contribution < -0.4 is 0 Å². The smallest absolute Gasteiger partial charge is 0.192 e. The third-order valence-corrected chi connectivity index (χ3v) is 13.3. The lowest BCUT2D eigenvalue weighted by Gasteiger charge is -2.35. The van der Waals surface area contributed by atoms with Gasteiger partial charge in [-0.3, -0.25) is 0 Å². The monoisotopic (exact) mass is 454 g/mol. The molecule has 0 aliphatic heterocycles. The van der Waals surface area contributed by atoms with Gasteiger partial charge in [0.25, 0.3) is 0 Å². The van der Waals surface area contributed by atoms with Gasteiger partial charge in [0, 0.05) is 15.6 Å². The highest BCUT2D eigenvalue weighted by atomic mass is 35.5. The van der Waals surface area contributed by atoms with Crippen LogP contribution in [0.2, 0.25) is 28.2 Å². The summed E-state index contributed by atoms with van der Waals surface area (Å²) in [5.74, 6) is 0.913. The molecule has 1 atom stereocenters. The van der Waals surface area contributed by atoms with E-state index in [4.69, 9.17) is 27.6 Å². The Morgan fingerprint density at radius 1 is 1.00 bits per heavy atom. The molecule has 0 radical (unpaired) electrons. The van der Waals surface area contributed by atoms with Crippen molar-refractivity contribution in [2.75, 3.05) is 0 Å². The van der Waals surface area contributed by atoms with E-state index < -0.39 is 8.32 Å². The molecule has 0 amide bonds. The maximum absolute atomic E-state index is 6.98. The second kappa shape index (κ2) is 10.1. The van der Waals surface area contributed by atoms with Gasteiger partial charge in [-0.2, -0.15) is 0 Å². The molecule has 4 heteroatoms. The molecule has 3 rings (SSSR count). The van der Waals surface area contributed by atoms with E-state index in [0.717, 1.165) is 57.1 Å². The Morgan fingerprint density at radius 3 is 2.03 bits per heavy atom. The number of aryl methyl sites for hydroxylation is 1. The van der Waals surface area contributed by atoms with Crippen molar-refractivity contribution in [3.63, 3.8) is 0 Å². The van der Waals surface area contributed by atoms with Crippen molar-refractivity contribution < 1.29 is 4.43 Å². The first-order valence-electron chi connectivity index (χ1n) is 12.0. The average molecular weight is 456 g/mol. The zero-order valence-corrected chi connectivity index (χ0v) is 21.5. The third-order valence-electron chi connectivity index (χ3n) is 8.07. The zero-order chi connectivity index (χ0) is 21.1. The van der Waals surface area contributed by atoms with E-state index in [2.05, 4.69) is 27.7 Å². The minimum absolute atomic E-state index is 0.0421. The van der Waals surface area contributed by atoms with Crippen LogP contribution in [0.3, 0.4) is 0 Å². The van der Waals surface area contributed by atoms with Crippen molar-refractivity contribution in [3.05, 3.63) is 33.3 Å². The molecule has 1 unspecified atom stereocenters. The highest BCUT2D eigenvalue weighted by Crippen LogP contribution is 2.57. The van der Waals surface area contributed by atoms with Gasteiger partial charge < -0.3 is 4.43 Å². The first-order chi connectivity index (χ1) is 13.9. The largest absolute Gasteiger partial charge is 0.410 e. The molecule has 0 heterocycles. The molecule has 29 heavy (non-hydrogen) atoms. The Bertz CT molecular complexity index is 640. The van der Waals surface area contributed by atoms with Crippen LogP contribution in [0.1, 0.15) is 95.8 Å². The van der Waals surface area contributed by atoms with E-state index >= 15 is 0 Å². The van der Waals surface area contributed by atoms with Crippen LogP contribution in [0, 0.1) is 18.3 Å². The Balaban J connectivity index is 1.69. The maximum Gasteiger partial charge on any atom is 0.192 e. The van der Waals surface area contributed by atoms with Crippen LogP contribution in [-0.2, 0) is 4.43 Å². The summed E-state index contributed by atoms with van der Waals surface area (Å²) in [7, 11) is -1.74. The molecule has 2 saturated carbocycles. The van der Waals surface area contributed by atoms with Gasteiger partial charge in [0.05, 0.1) is 6.10 Å². The quantitative estimate of drug-likeness (QED) is 0.319. The highest BCUT2D eigenvalue weighted by molar-refractivity contribution is 6.73. The molecular formula is C25H40Cl2OSi. The predicted molar refractivity (Wildman–Crippen MR) is 130 cm³/mol. The Labute approximate surface area is 190 Å². The van der Waals surface area contributed by atoms with Gasteiger partial charge in [0.15, 0.2) is 8.32 Å². The summed E-state index contributed by atoms with van der Waals surface area (Å²) in [4.78, 5) is 0. The summed E-state index contributed by atoms with van der Waals surface area (Å²) >= 11 is 13.4. The van der Waals surface area contributed by atoms with Gasteiger partial charge in [-0.25, -0.2) is 0 Å². The maximum atomic E-state index is 6.98. The molecule has 2 aliphatic carbocycles. The Kier molecular flexibility index (Phi) is 8.20. The summed E-state index contributed by atoms with van der Waals surface area (Å²) in [5.41, 5.74) is 2.94. The van der Waals surface area contributed by atoms with Crippen molar-refractivity contribution in [1.82, 2.24) is 0 Å². The molecule has 0 bridgehead atoms. The van der Waals surface area contributed by atoms with Crippen LogP contribution in [-0.4, -0.2) is 8.32 Å². The third kappa shape index (κ3) is 5.82. The molecule has 1 nitrogen and oxygen atoms in total. The second-order valence-corrected chi connectivity index (χ2v) is 15.4. The number of hydrogen-bond acceptors (Lipinski definition) is 1. The molecule has 0 N–H and O–H groups in total. The highest BCUT2D eigenvalue weighted by Gasteiger charge is 2.44. The molecule has 0 saturated heterocycles. The summed E-state index contributed by atoms with van der Waals surface area (Å²) in [5, 5.41) is 1.55. The van der Waals surface area contributed by atoms with Crippen LogP contribution in [0.4, 0.5) is 0 Å². The van der Waals surface area contributed by atoms with Gasteiger partial charge in [-0.1, -0.05) is 56.8 Å². The van der Waals surface area contributed by atoms with E-state index in [-0.39, 0.29) is 6.10 Å². The van der Waals surface area contributed by atoms with Crippen LogP contribution in [0.15, 0.2) is 12.1 Å². The fraction of sp³-hybridized carbons (Fsp3) is 0.760. The lowest BCUT2D eigenvalue weighted by molar-refractivity contribution is 0.167. The molecule has 0 aromatic heterocycles. The van der Waals surface area contributed by atoms with E-state index in [1.807, 2.05) is 12.1 Å².